The number of hydrogen-bond acceptors (Lipinski definition) is 3. The first kappa shape index (κ1) is 18.3. The van der Waals surface area contributed by atoms with Crippen LogP contribution < -0.4 is 16.4 Å². The lowest BCUT2D eigenvalue weighted by atomic mass is 10.0. The smallest absolute Gasteiger partial charge is 0.131 e. The van der Waals surface area contributed by atoms with Crippen molar-refractivity contribution in [2.45, 2.75) is 31.8 Å². The number of rotatable bonds is 3. The molecule has 1 saturated heterocycles. The predicted molar refractivity (Wildman–Crippen MR) is 110 cm³/mol. The van der Waals surface area contributed by atoms with Gasteiger partial charge in [0.25, 0.3) is 0 Å². The number of nitrogen functional groups attached to an aromatic ring is 2. The molecule has 4 rings (SSSR count). The fourth-order valence-corrected chi connectivity index (χ4v) is 4.04. The zero-order valence-corrected chi connectivity index (χ0v) is 15.7. The van der Waals surface area contributed by atoms with Crippen LogP contribution in [0.2, 0.25) is 0 Å². The number of nitrogens with two attached hydrogens (primary N) is 2. The molecule has 2 atom stereocenters. The topological polar surface area (TPSA) is 55.3 Å². The monoisotopic (exact) mass is 379 g/mol. The number of benzene rings is 3. The van der Waals surface area contributed by atoms with E-state index in [0.29, 0.717) is 17.1 Å². The minimum Gasteiger partial charge on any atom is -0.399 e. The third kappa shape index (κ3) is 3.28. The van der Waals surface area contributed by atoms with Crippen molar-refractivity contribution in [3.8, 4) is 0 Å². The second kappa shape index (κ2) is 7.15. The summed E-state index contributed by atoms with van der Waals surface area (Å²) in [6.45, 7) is 1.45. The minimum atomic E-state index is -0.533. The Hall–Kier alpha value is -3.08. The summed E-state index contributed by atoms with van der Waals surface area (Å²) >= 11 is 0. The van der Waals surface area contributed by atoms with Crippen molar-refractivity contribution in [2.24, 2.45) is 0 Å². The molecular weight excluding hydrogens is 356 g/mol. The van der Waals surface area contributed by atoms with Crippen molar-refractivity contribution in [1.82, 2.24) is 0 Å². The Balaban J connectivity index is 1.81. The molecule has 3 aromatic rings. The zero-order valence-electron chi connectivity index (χ0n) is 15.7. The van der Waals surface area contributed by atoms with Gasteiger partial charge < -0.3 is 16.4 Å². The van der Waals surface area contributed by atoms with Crippen LogP contribution in [0.3, 0.4) is 0 Å². The van der Waals surface area contributed by atoms with Gasteiger partial charge >= 0.3 is 0 Å². The van der Waals surface area contributed by atoms with E-state index in [1.165, 1.54) is 19.1 Å². The van der Waals surface area contributed by atoms with Crippen LogP contribution in [-0.4, -0.2) is 0 Å². The zero-order chi connectivity index (χ0) is 19.8. The molecule has 0 aliphatic carbocycles. The molecule has 4 N–H and O–H groups in total. The lowest BCUT2D eigenvalue weighted by molar-refractivity contribution is 0.563. The Morgan fingerprint density at radius 2 is 1.14 bits per heavy atom. The van der Waals surface area contributed by atoms with Crippen molar-refractivity contribution < 1.29 is 8.78 Å². The first-order valence-electron chi connectivity index (χ1n) is 9.39. The van der Waals surface area contributed by atoms with Gasteiger partial charge in [-0.25, -0.2) is 8.78 Å². The summed E-state index contributed by atoms with van der Waals surface area (Å²) in [4.78, 5) is 2.11. The highest BCUT2D eigenvalue weighted by molar-refractivity contribution is 5.56. The lowest BCUT2D eigenvalue weighted by Crippen LogP contribution is -2.26. The summed E-state index contributed by atoms with van der Waals surface area (Å²) in [6, 6.07) is 18.3. The first-order chi connectivity index (χ1) is 13.4. The number of halogens is 2. The maximum Gasteiger partial charge on any atom is 0.131 e. The van der Waals surface area contributed by atoms with Crippen molar-refractivity contribution in [3.05, 3.63) is 89.0 Å². The van der Waals surface area contributed by atoms with E-state index in [-0.39, 0.29) is 17.6 Å². The normalized spacial score (nSPS) is 19.2. The van der Waals surface area contributed by atoms with Gasteiger partial charge in [-0.1, -0.05) is 24.3 Å². The fourth-order valence-electron chi connectivity index (χ4n) is 4.04. The minimum absolute atomic E-state index is 0.00431. The van der Waals surface area contributed by atoms with Crippen LogP contribution in [0.25, 0.3) is 0 Å². The first-order valence-corrected chi connectivity index (χ1v) is 9.39. The quantitative estimate of drug-likeness (QED) is 0.589. The molecule has 0 aromatic heterocycles. The Kier molecular flexibility index (Phi) is 4.67. The third-order valence-corrected chi connectivity index (χ3v) is 5.59. The van der Waals surface area contributed by atoms with Gasteiger partial charge in [0.05, 0.1) is 12.1 Å². The van der Waals surface area contributed by atoms with Gasteiger partial charge in [0.2, 0.25) is 0 Å². The van der Waals surface area contributed by atoms with Crippen LogP contribution >= 0.6 is 0 Å². The van der Waals surface area contributed by atoms with E-state index < -0.39 is 11.6 Å². The molecule has 0 bridgehead atoms. The van der Waals surface area contributed by atoms with E-state index in [9.17, 15) is 8.78 Å². The number of anilines is 3. The van der Waals surface area contributed by atoms with Crippen LogP contribution in [0.4, 0.5) is 25.8 Å². The molecule has 1 aliphatic rings. The van der Waals surface area contributed by atoms with Gasteiger partial charge in [-0.2, -0.15) is 0 Å². The van der Waals surface area contributed by atoms with Crippen molar-refractivity contribution in [2.75, 3.05) is 16.4 Å². The number of hydrogen-bond donors (Lipinski definition) is 2. The van der Waals surface area contributed by atoms with Crippen LogP contribution in [0.15, 0.2) is 60.7 Å². The molecule has 0 unspecified atom stereocenters. The van der Waals surface area contributed by atoms with Crippen LogP contribution in [0, 0.1) is 18.6 Å². The maximum absolute atomic E-state index is 14.4. The maximum atomic E-state index is 14.4. The van der Waals surface area contributed by atoms with E-state index in [1.807, 2.05) is 48.5 Å². The molecule has 0 spiro atoms. The lowest BCUT2D eigenvalue weighted by Gasteiger charge is -2.33. The van der Waals surface area contributed by atoms with Gasteiger partial charge in [-0.05, 0) is 67.3 Å². The molecule has 3 nitrogen and oxygen atoms in total. The van der Waals surface area contributed by atoms with Gasteiger partial charge in [-0.15, -0.1) is 0 Å². The second-order valence-corrected chi connectivity index (χ2v) is 7.38. The molecule has 3 aromatic carbocycles. The highest BCUT2D eigenvalue weighted by Crippen LogP contribution is 2.47. The molecule has 1 heterocycles. The molecular formula is C23H23F2N3. The summed E-state index contributed by atoms with van der Waals surface area (Å²) in [7, 11) is 0. The van der Waals surface area contributed by atoms with E-state index in [1.54, 1.807) is 0 Å². The summed E-state index contributed by atoms with van der Waals surface area (Å²) in [5.41, 5.74) is 15.8. The highest BCUT2D eigenvalue weighted by atomic mass is 19.1. The van der Waals surface area contributed by atoms with Crippen LogP contribution in [0.1, 0.15) is 41.6 Å². The standard InChI is InChI=1S/C23H23F2N3/c1-14-20(24)12-19(13-21(14)25)28-22(15-2-6-17(26)7-3-15)10-11-23(28)16-4-8-18(27)9-5-16/h2-9,12-13,22-23H,10-11,26-27H2,1H3/t22-,23-/m0/s1. The molecule has 0 saturated carbocycles. The van der Waals surface area contributed by atoms with E-state index in [2.05, 4.69) is 4.90 Å². The van der Waals surface area contributed by atoms with E-state index in [4.69, 9.17) is 11.5 Å². The summed E-state index contributed by atoms with van der Waals surface area (Å²) in [5, 5.41) is 0. The van der Waals surface area contributed by atoms with Crippen LogP contribution in [-0.2, 0) is 0 Å². The SMILES string of the molecule is Cc1c(F)cc(N2[C@H](c3ccc(N)cc3)CC[C@H]2c2ccc(N)cc2)cc1F. The highest BCUT2D eigenvalue weighted by Gasteiger charge is 2.36. The summed E-state index contributed by atoms with van der Waals surface area (Å²) < 4.78 is 28.7. The van der Waals surface area contributed by atoms with Crippen molar-refractivity contribution in [3.63, 3.8) is 0 Å². The Bertz CT molecular complexity index is 907. The Labute approximate surface area is 163 Å². The molecule has 0 amide bonds. The molecule has 1 fully saturated rings. The molecule has 28 heavy (non-hydrogen) atoms. The van der Waals surface area contributed by atoms with Gasteiger partial charge in [0.1, 0.15) is 11.6 Å². The van der Waals surface area contributed by atoms with Gasteiger partial charge in [0, 0.05) is 22.6 Å². The second-order valence-electron chi connectivity index (χ2n) is 7.38. The Morgan fingerprint density at radius 3 is 1.54 bits per heavy atom. The van der Waals surface area contributed by atoms with Gasteiger partial charge in [-0.3, -0.25) is 0 Å². The average Bonchev–Trinajstić information content (AvgIpc) is 3.12. The molecule has 1 aliphatic heterocycles. The predicted octanol–water partition coefficient (Wildman–Crippen LogP) is 5.52. The van der Waals surface area contributed by atoms with Crippen LogP contribution in [0.5, 0.6) is 0 Å². The van der Waals surface area contributed by atoms with E-state index in [0.717, 1.165) is 24.0 Å². The van der Waals surface area contributed by atoms with Gasteiger partial charge in [0.15, 0.2) is 0 Å². The largest absolute Gasteiger partial charge is 0.399 e. The fraction of sp³-hybridized carbons (Fsp3) is 0.217. The van der Waals surface area contributed by atoms with Crippen molar-refractivity contribution in [1.29, 1.82) is 0 Å². The summed E-state index contributed by atoms with van der Waals surface area (Å²) in [5.74, 6) is -1.07. The van der Waals surface area contributed by atoms with Crippen molar-refractivity contribution >= 4 is 17.1 Å². The van der Waals surface area contributed by atoms with E-state index >= 15 is 0 Å². The molecule has 0 radical (unpaired) electrons. The molecule has 144 valence electrons. The third-order valence-electron chi connectivity index (χ3n) is 5.59. The number of nitrogens with zero attached hydrogens (tertiary/aromatic N) is 1. The summed E-state index contributed by atoms with van der Waals surface area (Å²) in [6.07, 6.45) is 1.74. The molecule has 5 heteroatoms. The average molecular weight is 379 g/mol. The Morgan fingerprint density at radius 1 is 0.750 bits per heavy atom.